The largest absolute Gasteiger partial charge is 0.416 e. The summed E-state index contributed by atoms with van der Waals surface area (Å²) in [5, 5.41) is 6.38. The Labute approximate surface area is 104 Å². The van der Waals surface area contributed by atoms with Crippen molar-refractivity contribution in [2.75, 3.05) is 11.9 Å². The maximum atomic E-state index is 13.0. The van der Waals surface area contributed by atoms with Gasteiger partial charge in [-0.25, -0.2) is 0 Å². The molecule has 1 heterocycles. The van der Waals surface area contributed by atoms with Crippen molar-refractivity contribution in [2.24, 2.45) is 0 Å². The molecular formula is C13H15F3N2. The highest BCUT2D eigenvalue weighted by atomic mass is 19.4. The third-order valence-electron chi connectivity index (χ3n) is 3.52. The number of hydrogen-bond donors (Lipinski definition) is 2. The van der Waals surface area contributed by atoms with Crippen LogP contribution in [0.15, 0.2) is 18.2 Å². The Morgan fingerprint density at radius 2 is 1.94 bits per heavy atom. The second-order valence-corrected chi connectivity index (χ2v) is 4.97. The van der Waals surface area contributed by atoms with Gasteiger partial charge in [-0.05, 0) is 31.4 Å². The summed E-state index contributed by atoms with van der Waals surface area (Å²) in [6, 6.07) is 4.60. The molecule has 0 saturated heterocycles. The van der Waals surface area contributed by atoms with Crippen LogP contribution in [0.25, 0.3) is 0 Å². The van der Waals surface area contributed by atoms with Crippen LogP contribution in [0.4, 0.5) is 18.9 Å². The zero-order valence-corrected chi connectivity index (χ0v) is 9.85. The van der Waals surface area contributed by atoms with E-state index in [0.717, 1.165) is 19.4 Å². The second kappa shape index (κ2) is 4.16. The van der Waals surface area contributed by atoms with E-state index in [0.29, 0.717) is 23.7 Å². The van der Waals surface area contributed by atoms with Crippen LogP contribution in [0.3, 0.4) is 0 Å². The monoisotopic (exact) mass is 256 g/mol. The molecule has 0 aromatic heterocycles. The van der Waals surface area contributed by atoms with E-state index in [-0.39, 0.29) is 6.04 Å². The average molecular weight is 256 g/mol. The molecule has 2 aliphatic rings. The van der Waals surface area contributed by atoms with Gasteiger partial charge >= 0.3 is 6.18 Å². The molecule has 1 aromatic rings. The van der Waals surface area contributed by atoms with E-state index in [9.17, 15) is 13.2 Å². The van der Waals surface area contributed by atoms with E-state index >= 15 is 0 Å². The minimum atomic E-state index is -4.28. The lowest BCUT2D eigenvalue weighted by molar-refractivity contribution is -0.138. The Morgan fingerprint density at radius 3 is 2.61 bits per heavy atom. The summed E-state index contributed by atoms with van der Waals surface area (Å²) in [4.78, 5) is 0. The van der Waals surface area contributed by atoms with Crippen LogP contribution in [0.5, 0.6) is 0 Å². The van der Waals surface area contributed by atoms with Crippen molar-refractivity contribution in [3.05, 3.63) is 29.3 Å². The van der Waals surface area contributed by atoms with Crippen LogP contribution in [0.2, 0.25) is 0 Å². The number of anilines is 1. The minimum Gasteiger partial charge on any atom is -0.385 e. The molecule has 1 saturated carbocycles. The van der Waals surface area contributed by atoms with Crippen LogP contribution in [-0.4, -0.2) is 12.6 Å². The number of hydrogen-bond acceptors (Lipinski definition) is 2. The molecule has 0 bridgehead atoms. The summed E-state index contributed by atoms with van der Waals surface area (Å²) >= 11 is 0. The summed E-state index contributed by atoms with van der Waals surface area (Å²) in [6.45, 7) is 0.721. The van der Waals surface area contributed by atoms with Gasteiger partial charge < -0.3 is 10.6 Å². The molecule has 1 aromatic carbocycles. The fraction of sp³-hybridized carbons (Fsp3) is 0.538. The van der Waals surface area contributed by atoms with Crippen molar-refractivity contribution in [1.82, 2.24) is 5.32 Å². The highest BCUT2D eigenvalue weighted by molar-refractivity contribution is 5.58. The van der Waals surface area contributed by atoms with E-state index < -0.39 is 11.7 Å². The zero-order chi connectivity index (χ0) is 12.8. The number of nitrogens with one attached hydrogen (secondary N) is 2. The molecule has 0 radical (unpaired) electrons. The quantitative estimate of drug-likeness (QED) is 0.848. The summed E-state index contributed by atoms with van der Waals surface area (Å²) in [6.07, 6.45) is -1.43. The average Bonchev–Trinajstić information content (AvgIpc) is 3.11. The highest BCUT2D eigenvalue weighted by Crippen LogP contribution is 2.41. The second-order valence-electron chi connectivity index (χ2n) is 4.97. The standard InChI is InChI=1S/C13H15F3N2/c14-13(15,16)9-2-1-3-10-12(9)11(6-7-17-10)18-8-4-5-8/h1-3,8,11,17-18H,4-7H2. The first-order valence-electron chi connectivity index (χ1n) is 6.26. The van der Waals surface area contributed by atoms with Gasteiger partial charge in [0.15, 0.2) is 0 Å². The Morgan fingerprint density at radius 1 is 1.17 bits per heavy atom. The van der Waals surface area contributed by atoms with Gasteiger partial charge in [0.05, 0.1) is 5.56 Å². The molecule has 1 unspecified atom stereocenters. The van der Waals surface area contributed by atoms with Crippen molar-refractivity contribution in [3.8, 4) is 0 Å². The van der Waals surface area contributed by atoms with Crippen molar-refractivity contribution >= 4 is 5.69 Å². The molecule has 5 heteroatoms. The fourth-order valence-electron chi connectivity index (χ4n) is 2.54. The van der Waals surface area contributed by atoms with Crippen LogP contribution < -0.4 is 10.6 Å². The highest BCUT2D eigenvalue weighted by Gasteiger charge is 2.38. The van der Waals surface area contributed by atoms with E-state index in [1.165, 1.54) is 12.1 Å². The molecule has 1 atom stereocenters. The van der Waals surface area contributed by atoms with Crippen LogP contribution >= 0.6 is 0 Å². The third kappa shape index (κ3) is 2.19. The number of alkyl halides is 3. The first-order chi connectivity index (χ1) is 8.55. The van der Waals surface area contributed by atoms with Crippen molar-refractivity contribution in [3.63, 3.8) is 0 Å². The van der Waals surface area contributed by atoms with E-state index in [2.05, 4.69) is 10.6 Å². The summed E-state index contributed by atoms with van der Waals surface area (Å²) in [7, 11) is 0. The minimum absolute atomic E-state index is 0.174. The van der Waals surface area contributed by atoms with Gasteiger partial charge in [-0.1, -0.05) is 6.07 Å². The Balaban J connectivity index is 2.01. The fourth-order valence-corrected chi connectivity index (χ4v) is 2.54. The molecule has 1 fully saturated rings. The zero-order valence-electron chi connectivity index (χ0n) is 9.85. The van der Waals surface area contributed by atoms with Crippen LogP contribution in [-0.2, 0) is 6.18 Å². The van der Waals surface area contributed by atoms with Gasteiger partial charge in [-0.15, -0.1) is 0 Å². The maximum Gasteiger partial charge on any atom is 0.416 e. The predicted molar refractivity (Wildman–Crippen MR) is 63.4 cm³/mol. The summed E-state index contributed by atoms with van der Waals surface area (Å²) in [5.74, 6) is 0. The molecule has 2 N–H and O–H groups in total. The molecule has 1 aliphatic carbocycles. The van der Waals surface area contributed by atoms with Crippen molar-refractivity contribution in [1.29, 1.82) is 0 Å². The predicted octanol–water partition coefficient (Wildman–Crippen LogP) is 3.31. The molecule has 0 spiro atoms. The SMILES string of the molecule is FC(F)(F)c1cccc2c1C(NC1CC1)CCN2. The molecule has 2 nitrogen and oxygen atoms in total. The van der Waals surface area contributed by atoms with E-state index in [1.54, 1.807) is 6.07 Å². The number of halogens is 3. The molecule has 18 heavy (non-hydrogen) atoms. The lowest BCUT2D eigenvalue weighted by Crippen LogP contribution is -2.31. The molecule has 0 amide bonds. The van der Waals surface area contributed by atoms with Gasteiger partial charge in [-0.3, -0.25) is 0 Å². The number of rotatable bonds is 2. The summed E-state index contributed by atoms with van der Waals surface area (Å²) in [5.41, 5.74) is 0.503. The lowest BCUT2D eigenvalue weighted by atomic mass is 9.92. The third-order valence-corrected chi connectivity index (χ3v) is 3.52. The topological polar surface area (TPSA) is 24.1 Å². The smallest absolute Gasteiger partial charge is 0.385 e. The van der Waals surface area contributed by atoms with Gasteiger partial charge in [0.2, 0.25) is 0 Å². The van der Waals surface area contributed by atoms with E-state index in [1.807, 2.05) is 0 Å². The van der Waals surface area contributed by atoms with Crippen molar-refractivity contribution in [2.45, 2.75) is 37.5 Å². The Hall–Kier alpha value is -1.23. The number of fused-ring (bicyclic) bond motifs is 1. The van der Waals surface area contributed by atoms with Gasteiger partial charge in [-0.2, -0.15) is 13.2 Å². The molecule has 1 aliphatic heterocycles. The lowest BCUT2D eigenvalue weighted by Gasteiger charge is -2.30. The van der Waals surface area contributed by atoms with E-state index in [4.69, 9.17) is 0 Å². The molecular weight excluding hydrogens is 241 g/mol. The molecule has 98 valence electrons. The first-order valence-corrected chi connectivity index (χ1v) is 6.26. The van der Waals surface area contributed by atoms with Crippen molar-refractivity contribution < 1.29 is 13.2 Å². The first kappa shape index (κ1) is 11.8. The van der Waals surface area contributed by atoms with Crippen LogP contribution in [0.1, 0.15) is 36.4 Å². The Bertz CT molecular complexity index is 452. The van der Waals surface area contributed by atoms with Gasteiger partial charge in [0.1, 0.15) is 0 Å². The van der Waals surface area contributed by atoms with Crippen LogP contribution in [0, 0.1) is 0 Å². The maximum absolute atomic E-state index is 13.0. The molecule has 3 rings (SSSR count). The summed E-state index contributed by atoms with van der Waals surface area (Å²) < 4.78 is 39.1. The normalized spacial score (nSPS) is 23.4. The van der Waals surface area contributed by atoms with Gasteiger partial charge in [0.25, 0.3) is 0 Å². The number of benzene rings is 1. The van der Waals surface area contributed by atoms with Gasteiger partial charge in [0, 0.05) is 29.9 Å². The Kier molecular flexibility index (Phi) is 2.73.